The molecule has 2 heterocycles. The molecule has 2 fully saturated rings. The SMILES string of the molecule is O=C(O)C(F)(F)F.OCC1C2CNCC12c1cccnc1. The Morgan fingerprint density at radius 1 is 1.52 bits per heavy atom. The van der Waals surface area contributed by atoms with Gasteiger partial charge in [0.1, 0.15) is 0 Å². The van der Waals surface area contributed by atoms with Crippen molar-refractivity contribution in [2.75, 3.05) is 19.7 Å². The zero-order chi connectivity index (χ0) is 15.7. The second-order valence-corrected chi connectivity index (χ2v) is 5.11. The Labute approximate surface area is 118 Å². The first-order chi connectivity index (χ1) is 9.84. The number of aliphatic hydroxyl groups is 1. The Hall–Kier alpha value is -1.67. The van der Waals surface area contributed by atoms with Crippen molar-refractivity contribution in [3.8, 4) is 0 Å². The number of aromatic nitrogens is 1. The van der Waals surface area contributed by atoms with E-state index in [4.69, 9.17) is 9.90 Å². The number of aliphatic hydroxyl groups excluding tert-OH is 1. The monoisotopic (exact) mass is 304 g/mol. The van der Waals surface area contributed by atoms with E-state index >= 15 is 0 Å². The number of nitrogens with zero attached hydrogens (tertiary/aromatic N) is 1. The van der Waals surface area contributed by atoms with E-state index in [2.05, 4.69) is 16.4 Å². The molecule has 8 heteroatoms. The summed E-state index contributed by atoms with van der Waals surface area (Å²) in [4.78, 5) is 13.1. The molecule has 1 saturated heterocycles. The van der Waals surface area contributed by atoms with Crippen LogP contribution in [0.25, 0.3) is 0 Å². The zero-order valence-corrected chi connectivity index (χ0v) is 11.0. The fourth-order valence-electron chi connectivity index (χ4n) is 3.08. The first-order valence-corrected chi connectivity index (χ1v) is 6.36. The maximum absolute atomic E-state index is 10.6. The molecule has 2 aliphatic rings. The number of nitrogens with one attached hydrogen (secondary N) is 1. The highest BCUT2D eigenvalue weighted by atomic mass is 19.4. The zero-order valence-electron chi connectivity index (χ0n) is 11.0. The van der Waals surface area contributed by atoms with Gasteiger partial charge in [0.15, 0.2) is 0 Å². The van der Waals surface area contributed by atoms with Crippen molar-refractivity contribution in [3.63, 3.8) is 0 Å². The number of aliphatic carboxylic acids is 1. The number of carbonyl (C=O) groups is 1. The molecule has 116 valence electrons. The van der Waals surface area contributed by atoms with E-state index in [0.717, 1.165) is 13.1 Å². The molecule has 3 N–H and O–H groups in total. The summed E-state index contributed by atoms with van der Waals surface area (Å²) in [5, 5.41) is 19.8. The maximum Gasteiger partial charge on any atom is 0.490 e. The first kappa shape index (κ1) is 15.7. The van der Waals surface area contributed by atoms with Gasteiger partial charge in [0, 0.05) is 31.0 Å². The van der Waals surface area contributed by atoms with Crippen molar-refractivity contribution in [1.82, 2.24) is 10.3 Å². The molecule has 21 heavy (non-hydrogen) atoms. The number of fused-ring (bicyclic) bond motifs is 1. The summed E-state index contributed by atoms with van der Waals surface area (Å²) in [6, 6.07) is 4.11. The predicted octanol–water partition coefficient (Wildman–Crippen LogP) is 0.794. The van der Waals surface area contributed by atoms with Gasteiger partial charge in [-0.05, 0) is 30.0 Å². The van der Waals surface area contributed by atoms with E-state index in [1.807, 2.05) is 12.3 Å². The van der Waals surface area contributed by atoms with Crippen LogP contribution in [0.2, 0.25) is 0 Å². The van der Waals surface area contributed by atoms with E-state index in [0.29, 0.717) is 18.4 Å². The largest absolute Gasteiger partial charge is 0.490 e. The van der Waals surface area contributed by atoms with Gasteiger partial charge in [0.25, 0.3) is 0 Å². The number of rotatable bonds is 2. The van der Waals surface area contributed by atoms with Crippen LogP contribution in [0, 0.1) is 11.8 Å². The molecule has 1 saturated carbocycles. The highest BCUT2D eigenvalue weighted by Crippen LogP contribution is 2.61. The van der Waals surface area contributed by atoms with Gasteiger partial charge >= 0.3 is 12.1 Å². The van der Waals surface area contributed by atoms with Gasteiger partial charge in [-0.25, -0.2) is 4.79 Å². The second kappa shape index (κ2) is 5.61. The van der Waals surface area contributed by atoms with E-state index in [-0.39, 0.29) is 5.41 Å². The van der Waals surface area contributed by atoms with Gasteiger partial charge in [0.2, 0.25) is 0 Å². The van der Waals surface area contributed by atoms with E-state index < -0.39 is 12.1 Å². The predicted molar refractivity (Wildman–Crippen MR) is 66.5 cm³/mol. The highest BCUT2D eigenvalue weighted by molar-refractivity contribution is 5.73. The Morgan fingerprint density at radius 3 is 2.62 bits per heavy atom. The minimum absolute atomic E-state index is 0.197. The van der Waals surface area contributed by atoms with Crippen molar-refractivity contribution in [1.29, 1.82) is 0 Å². The summed E-state index contributed by atoms with van der Waals surface area (Å²) in [5.41, 5.74) is 1.48. The lowest BCUT2D eigenvalue weighted by Crippen LogP contribution is -2.24. The number of pyridine rings is 1. The van der Waals surface area contributed by atoms with Crippen LogP contribution in [0.15, 0.2) is 24.5 Å². The van der Waals surface area contributed by atoms with Crippen LogP contribution in [0.3, 0.4) is 0 Å². The van der Waals surface area contributed by atoms with E-state index in [9.17, 15) is 18.3 Å². The van der Waals surface area contributed by atoms with Crippen LogP contribution in [0.5, 0.6) is 0 Å². The Kier molecular flexibility index (Phi) is 4.20. The Morgan fingerprint density at radius 2 is 2.19 bits per heavy atom. The van der Waals surface area contributed by atoms with Crippen molar-refractivity contribution in [2.24, 2.45) is 11.8 Å². The minimum atomic E-state index is -5.08. The summed E-state index contributed by atoms with van der Waals surface area (Å²) in [7, 11) is 0. The molecular weight excluding hydrogens is 289 g/mol. The van der Waals surface area contributed by atoms with Crippen LogP contribution in [0.1, 0.15) is 5.56 Å². The van der Waals surface area contributed by atoms with E-state index in [1.165, 1.54) is 5.56 Å². The topological polar surface area (TPSA) is 82.5 Å². The quantitative estimate of drug-likeness (QED) is 0.752. The van der Waals surface area contributed by atoms with Crippen LogP contribution in [-0.2, 0) is 10.2 Å². The third-order valence-electron chi connectivity index (χ3n) is 4.12. The van der Waals surface area contributed by atoms with Gasteiger partial charge in [-0.15, -0.1) is 0 Å². The van der Waals surface area contributed by atoms with Crippen LogP contribution >= 0.6 is 0 Å². The van der Waals surface area contributed by atoms with Crippen LogP contribution in [0.4, 0.5) is 13.2 Å². The second-order valence-electron chi connectivity index (χ2n) is 5.11. The molecule has 0 aromatic carbocycles. The number of hydrogen-bond acceptors (Lipinski definition) is 4. The summed E-state index contributed by atoms with van der Waals surface area (Å²) in [5.74, 6) is -1.68. The normalized spacial score (nSPS) is 30.1. The standard InChI is InChI=1S/C11H14N2O.C2HF3O2/c14-6-10-9-5-13-7-11(9,10)8-2-1-3-12-4-8;3-2(4,5)1(6)7/h1-4,9-10,13-14H,5-7H2;(H,6,7). The van der Waals surface area contributed by atoms with Gasteiger partial charge < -0.3 is 15.5 Å². The van der Waals surface area contributed by atoms with Crippen molar-refractivity contribution < 1.29 is 28.2 Å². The van der Waals surface area contributed by atoms with Crippen LogP contribution < -0.4 is 5.32 Å². The van der Waals surface area contributed by atoms with E-state index in [1.54, 1.807) is 6.20 Å². The summed E-state index contributed by atoms with van der Waals surface area (Å²) in [6.45, 7) is 2.34. The molecule has 0 amide bonds. The maximum atomic E-state index is 10.6. The molecule has 3 rings (SSSR count). The minimum Gasteiger partial charge on any atom is -0.475 e. The van der Waals surface area contributed by atoms with Crippen molar-refractivity contribution in [2.45, 2.75) is 11.6 Å². The molecular formula is C13H15F3N2O3. The molecule has 0 radical (unpaired) electrons. The van der Waals surface area contributed by atoms with Crippen LogP contribution in [-0.4, -0.2) is 47.0 Å². The lowest BCUT2D eigenvalue weighted by molar-refractivity contribution is -0.192. The smallest absolute Gasteiger partial charge is 0.475 e. The molecule has 1 aliphatic heterocycles. The summed E-state index contributed by atoms with van der Waals surface area (Å²) < 4.78 is 31.7. The van der Waals surface area contributed by atoms with Gasteiger partial charge in [-0.2, -0.15) is 13.2 Å². The summed E-state index contributed by atoms with van der Waals surface area (Å²) in [6.07, 6.45) is -1.34. The average Bonchev–Trinajstić information content (AvgIpc) is 2.85. The molecule has 1 aliphatic carbocycles. The van der Waals surface area contributed by atoms with Crippen molar-refractivity contribution in [3.05, 3.63) is 30.1 Å². The molecule has 3 unspecified atom stereocenters. The number of piperidine rings is 1. The molecule has 1 aromatic heterocycles. The number of hydrogen-bond donors (Lipinski definition) is 3. The average molecular weight is 304 g/mol. The van der Waals surface area contributed by atoms with Crippen molar-refractivity contribution >= 4 is 5.97 Å². The van der Waals surface area contributed by atoms with Gasteiger partial charge in [-0.3, -0.25) is 4.98 Å². The first-order valence-electron chi connectivity index (χ1n) is 6.36. The lowest BCUT2D eigenvalue weighted by Gasteiger charge is -2.14. The third-order valence-corrected chi connectivity index (χ3v) is 4.12. The lowest BCUT2D eigenvalue weighted by atomic mass is 9.95. The third kappa shape index (κ3) is 2.86. The molecule has 5 nitrogen and oxygen atoms in total. The summed E-state index contributed by atoms with van der Waals surface area (Å²) >= 11 is 0. The number of halogens is 3. The number of carboxylic acid groups (broad SMARTS) is 1. The van der Waals surface area contributed by atoms with Gasteiger partial charge in [0.05, 0.1) is 0 Å². The highest BCUT2D eigenvalue weighted by Gasteiger charge is 2.67. The molecule has 3 atom stereocenters. The fraction of sp³-hybridized carbons (Fsp3) is 0.538. The van der Waals surface area contributed by atoms with Gasteiger partial charge in [-0.1, -0.05) is 6.07 Å². The fourth-order valence-corrected chi connectivity index (χ4v) is 3.08. The molecule has 1 aromatic rings. The molecule has 0 bridgehead atoms. The molecule has 0 spiro atoms. The Bertz CT molecular complexity index is 503. The Balaban J connectivity index is 0.000000199. The number of alkyl halides is 3. The number of carboxylic acids is 1.